The van der Waals surface area contributed by atoms with Crippen molar-refractivity contribution in [2.75, 3.05) is 6.54 Å². The summed E-state index contributed by atoms with van der Waals surface area (Å²) in [6.45, 7) is 6.23. The van der Waals surface area contributed by atoms with Crippen LogP contribution in [0.3, 0.4) is 0 Å². The number of hydrogen-bond donors (Lipinski definition) is 1. The quantitative estimate of drug-likeness (QED) is 0.801. The Labute approximate surface area is 106 Å². The van der Waals surface area contributed by atoms with E-state index in [0.717, 1.165) is 24.5 Å². The molecular weight excluding hydrogens is 232 g/mol. The van der Waals surface area contributed by atoms with Crippen molar-refractivity contribution in [2.24, 2.45) is 0 Å². The molecule has 5 heteroatoms. The van der Waals surface area contributed by atoms with Gasteiger partial charge in [0.1, 0.15) is 5.01 Å². The van der Waals surface area contributed by atoms with Gasteiger partial charge in [-0.3, -0.25) is 0 Å². The zero-order valence-corrected chi connectivity index (χ0v) is 11.1. The maximum Gasteiger partial charge on any atom is 0.115 e. The molecule has 17 heavy (non-hydrogen) atoms. The third-order valence-electron chi connectivity index (χ3n) is 2.71. The fourth-order valence-electron chi connectivity index (χ4n) is 1.77. The van der Waals surface area contributed by atoms with Crippen molar-refractivity contribution in [1.29, 1.82) is 0 Å². The van der Waals surface area contributed by atoms with Gasteiger partial charge in [-0.1, -0.05) is 6.92 Å². The number of imidazole rings is 1. The van der Waals surface area contributed by atoms with Crippen LogP contribution in [0.5, 0.6) is 0 Å². The normalized spacial score (nSPS) is 12.8. The number of rotatable bonds is 6. The van der Waals surface area contributed by atoms with E-state index in [9.17, 15) is 0 Å². The predicted molar refractivity (Wildman–Crippen MR) is 70.2 cm³/mol. The van der Waals surface area contributed by atoms with E-state index in [-0.39, 0.29) is 6.04 Å². The Balaban J connectivity index is 2.08. The van der Waals surface area contributed by atoms with Gasteiger partial charge in [-0.05, 0) is 19.9 Å². The van der Waals surface area contributed by atoms with Crippen LogP contribution in [0.2, 0.25) is 0 Å². The van der Waals surface area contributed by atoms with Crippen molar-refractivity contribution in [1.82, 2.24) is 19.9 Å². The van der Waals surface area contributed by atoms with E-state index in [2.05, 4.69) is 33.7 Å². The lowest BCUT2D eigenvalue weighted by Gasteiger charge is -2.14. The van der Waals surface area contributed by atoms with Gasteiger partial charge in [-0.2, -0.15) is 0 Å². The highest BCUT2D eigenvalue weighted by Crippen LogP contribution is 2.21. The lowest BCUT2D eigenvalue weighted by atomic mass is 10.3. The minimum atomic E-state index is 0.260. The number of hydrogen-bond acceptors (Lipinski definition) is 4. The van der Waals surface area contributed by atoms with Crippen LogP contribution in [0.15, 0.2) is 24.1 Å². The van der Waals surface area contributed by atoms with Gasteiger partial charge >= 0.3 is 0 Å². The Bertz CT molecular complexity index is 435. The van der Waals surface area contributed by atoms with Crippen molar-refractivity contribution >= 4 is 11.3 Å². The Kier molecular flexibility index (Phi) is 4.28. The molecule has 2 rings (SSSR count). The molecule has 1 N–H and O–H groups in total. The molecule has 0 saturated carbocycles. The number of nitrogens with zero attached hydrogens (tertiary/aromatic N) is 3. The summed E-state index contributed by atoms with van der Waals surface area (Å²) >= 11 is 1.69. The molecule has 4 nitrogen and oxygen atoms in total. The van der Waals surface area contributed by atoms with Gasteiger partial charge in [0.25, 0.3) is 0 Å². The maximum atomic E-state index is 4.36. The minimum Gasteiger partial charge on any atom is -0.324 e. The number of thiazole rings is 1. The minimum absolute atomic E-state index is 0.260. The summed E-state index contributed by atoms with van der Waals surface area (Å²) in [6, 6.07) is 0.260. The van der Waals surface area contributed by atoms with E-state index < -0.39 is 0 Å². The standard InChI is InChI=1S/C12H18N4S/c1-3-4-13-7-11-8-14-9-16(11)10(2)12-15-5-6-17-12/h5-6,8-10,13H,3-4,7H2,1-2H3. The monoisotopic (exact) mass is 250 g/mol. The van der Waals surface area contributed by atoms with Gasteiger partial charge in [0, 0.05) is 24.3 Å². The predicted octanol–water partition coefficient (Wildman–Crippen LogP) is 2.45. The topological polar surface area (TPSA) is 42.7 Å². The first-order chi connectivity index (χ1) is 8.33. The number of nitrogens with one attached hydrogen (secondary N) is 1. The van der Waals surface area contributed by atoms with Gasteiger partial charge in [0.2, 0.25) is 0 Å². The second-order valence-electron chi connectivity index (χ2n) is 4.02. The molecule has 1 unspecified atom stereocenters. The smallest absolute Gasteiger partial charge is 0.115 e. The first kappa shape index (κ1) is 12.3. The highest BCUT2D eigenvalue weighted by atomic mass is 32.1. The molecule has 0 spiro atoms. The Morgan fingerprint density at radius 3 is 3.12 bits per heavy atom. The summed E-state index contributed by atoms with van der Waals surface area (Å²) in [4.78, 5) is 8.59. The van der Waals surface area contributed by atoms with Crippen molar-refractivity contribution in [3.05, 3.63) is 34.8 Å². The molecule has 1 atom stereocenters. The molecule has 92 valence electrons. The van der Waals surface area contributed by atoms with Crippen LogP contribution in [0.4, 0.5) is 0 Å². The van der Waals surface area contributed by atoms with E-state index in [1.807, 2.05) is 24.1 Å². The van der Waals surface area contributed by atoms with Crippen LogP contribution in [0.25, 0.3) is 0 Å². The van der Waals surface area contributed by atoms with E-state index in [1.165, 1.54) is 5.69 Å². The summed E-state index contributed by atoms with van der Waals surface area (Å²) in [6.07, 6.45) is 6.81. The highest BCUT2D eigenvalue weighted by Gasteiger charge is 2.13. The van der Waals surface area contributed by atoms with Crippen LogP contribution in [0, 0.1) is 0 Å². The molecule has 0 aliphatic heterocycles. The zero-order chi connectivity index (χ0) is 12.1. The first-order valence-corrected chi connectivity index (χ1v) is 6.81. The van der Waals surface area contributed by atoms with Crippen molar-refractivity contribution in [2.45, 2.75) is 32.9 Å². The summed E-state index contributed by atoms with van der Waals surface area (Å²) < 4.78 is 2.18. The molecule has 0 saturated heterocycles. The van der Waals surface area contributed by atoms with E-state index in [0.29, 0.717) is 0 Å². The molecule has 2 aromatic heterocycles. The summed E-state index contributed by atoms with van der Waals surface area (Å²) in [5.74, 6) is 0. The Hall–Kier alpha value is -1.20. The van der Waals surface area contributed by atoms with Crippen LogP contribution in [-0.2, 0) is 6.54 Å². The van der Waals surface area contributed by atoms with Crippen LogP contribution in [-0.4, -0.2) is 21.1 Å². The van der Waals surface area contributed by atoms with Crippen LogP contribution < -0.4 is 5.32 Å². The van der Waals surface area contributed by atoms with E-state index >= 15 is 0 Å². The third-order valence-corrected chi connectivity index (χ3v) is 3.65. The summed E-state index contributed by atoms with van der Waals surface area (Å²) in [5.41, 5.74) is 1.21. The first-order valence-electron chi connectivity index (χ1n) is 5.93. The fourth-order valence-corrected chi connectivity index (χ4v) is 2.46. The number of aromatic nitrogens is 3. The molecule has 0 aliphatic rings. The molecule has 0 fully saturated rings. The fraction of sp³-hybridized carbons (Fsp3) is 0.500. The van der Waals surface area contributed by atoms with Gasteiger partial charge < -0.3 is 9.88 Å². The van der Waals surface area contributed by atoms with Gasteiger partial charge in [-0.15, -0.1) is 11.3 Å². The molecule has 2 aromatic rings. The van der Waals surface area contributed by atoms with E-state index in [1.54, 1.807) is 11.3 Å². The lowest BCUT2D eigenvalue weighted by Crippen LogP contribution is -2.18. The van der Waals surface area contributed by atoms with E-state index in [4.69, 9.17) is 0 Å². The highest BCUT2D eigenvalue weighted by molar-refractivity contribution is 7.09. The lowest BCUT2D eigenvalue weighted by molar-refractivity contribution is 0.572. The van der Waals surface area contributed by atoms with Crippen LogP contribution >= 0.6 is 11.3 Å². The average molecular weight is 250 g/mol. The van der Waals surface area contributed by atoms with Gasteiger partial charge in [-0.25, -0.2) is 9.97 Å². The molecular formula is C12H18N4S. The van der Waals surface area contributed by atoms with Gasteiger partial charge in [0.05, 0.1) is 18.1 Å². The molecule has 0 aromatic carbocycles. The Morgan fingerprint density at radius 2 is 2.41 bits per heavy atom. The molecule has 0 bridgehead atoms. The largest absolute Gasteiger partial charge is 0.324 e. The summed E-state index contributed by atoms with van der Waals surface area (Å²) in [5, 5.41) is 6.54. The van der Waals surface area contributed by atoms with Crippen molar-refractivity contribution in [3.8, 4) is 0 Å². The summed E-state index contributed by atoms with van der Waals surface area (Å²) in [7, 11) is 0. The van der Waals surface area contributed by atoms with Crippen molar-refractivity contribution < 1.29 is 0 Å². The SMILES string of the molecule is CCCNCc1cncn1C(C)c1nccs1. The molecule has 0 radical (unpaired) electrons. The zero-order valence-electron chi connectivity index (χ0n) is 10.3. The second-order valence-corrected chi connectivity index (χ2v) is 4.94. The Morgan fingerprint density at radius 1 is 1.53 bits per heavy atom. The van der Waals surface area contributed by atoms with Crippen LogP contribution in [0.1, 0.15) is 37.0 Å². The maximum absolute atomic E-state index is 4.36. The van der Waals surface area contributed by atoms with Gasteiger partial charge in [0.15, 0.2) is 0 Å². The molecule has 0 amide bonds. The third kappa shape index (κ3) is 2.92. The van der Waals surface area contributed by atoms with Crippen molar-refractivity contribution in [3.63, 3.8) is 0 Å². The molecule has 2 heterocycles. The molecule has 0 aliphatic carbocycles. The second kappa shape index (κ2) is 5.93. The average Bonchev–Trinajstić information content (AvgIpc) is 3.00.